The number of benzene rings is 1. The molecule has 11 nitrogen and oxygen atoms in total. The van der Waals surface area contributed by atoms with Gasteiger partial charge in [-0.15, -0.1) is 0 Å². The number of alkyl halides is 3. The van der Waals surface area contributed by atoms with Gasteiger partial charge in [0, 0.05) is 43.5 Å². The summed E-state index contributed by atoms with van der Waals surface area (Å²) in [4.78, 5) is 34.3. The van der Waals surface area contributed by atoms with Crippen LogP contribution in [0, 0.1) is 0 Å². The highest BCUT2D eigenvalue weighted by Crippen LogP contribution is 2.45. The molecular weight excluding hydrogens is 603 g/mol. The number of hydrogen-bond donors (Lipinski definition) is 1. The molecule has 14 heteroatoms. The van der Waals surface area contributed by atoms with E-state index in [0.29, 0.717) is 40.0 Å². The molecule has 46 heavy (non-hydrogen) atoms. The molecule has 0 spiro atoms. The molecule has 0 radical (unpaired) electrons. The van der Waals surface area contributed by atoms with Crippen molar-refractivity contribution in [3.05, 3.63) is 65.5 Å². The lowest BCUT2D eigenvalue weighted by Gasteiger charge is -2.18. The van der Waals surface area contributed by atoms with Gasteiger partial charge in [0.05, 0.1) is 25.5 Å². The first-order chi connectivity index (χ1) is 21.8. The van der Waals surface area contributed by atoms with Crippen molar-refractivity contribution in [1.82, 2.24) is 29.5 Å². The Morgan fingerprint density at radius 3 is 2.48 bits per heavy atom. The van der Waals surface area contributed by atoms with E-state index in [2.05, 4.69) is 25.3 Å². The molecule has 0 atom stereocenters. The number of hydrogen-bond acceptors (Lipinski definition) is 10. The molecule has 1 saturated carbocycles. The maximum absolute atomic E-state index is 13.3. The smallest absolute Gasteiger partial charge is 0.434 e. The monoisotopic (exact) mass is 637 g/mol. The summed E-state index contributed by atoms with van der Waals surface area (Å²) in [5.41, 5.74) is 1.39. The lowest BCUT2D eigenvalue weighted by Crippen LogP contribution is -2.22. The Hall–Kier alpha value is -5.01. The first-order valence-corrected chi connectivity index (χ1v) is 14.5. The molecule has 0 bridgehead atoms. The van der Waals surface area contributed by atoms with E-state index in [4.69, 9.17) is 19.2 Å². The molecule has 3 aromatic heterocycles. The van der Waals surface area contributed by atoms with Crippen LogP contribution in [0.2, 0.25) is 0 Å². The number of imidazole rings is 1. The molecular formula is C32H34F3N7O4. The van der Waals surface area contributed by atoms with E-state index in [1.165, 1.54) is 38.2 Å². The van der Waals surface area contributed by atoms with E-state index in [0.717, 1.165) is 30.3 Å². The molecule has 0 saturated heterocycles. The molecule has 3 heterocycles. The van der Waals surface area contributed by atoms with Crippen molar-refractivity contribution in [2.45, 2.75) is 57.9 Å². The minimum atomic E-state index is -4.57. The van der Waals surface area contributed by atoms with Crippen LogP contribution in [0.1, 0.15) is 62.0 Å². The summed E-state index contributed by atoms with van der Waals surface area (Å²) in [5.74, 6) is 1.29. The summed E-state index contributed by atoms with van der Waals surface area (Å²) in [6, 6.07) is 5.12. The number of aromatic nitrogens is 6. The summed E-state index contributed by atoms with van der Waals surface area (Å²) in [6.45, 7) is 5.57. The van der Waals surface area contributed by atoms with Gasteiger partial charge in [-0.1, -0.05) is 6.07 Å². The first kappa shape index (κ1) is 32.4. The fraction of sp³-hybridized carbons (Fsp3) is 0.375. The Bertz CT molecular complexity index is 1780. The van der Waals surface area contributed by atoms with E-state index in [-0.39, 0.29) is 18.3 Å². The van der Waals surface area contributed by atoms with Crippen LogP contribution in [0.4, 0.5) is 19.0 Å². The van der Waals surface area contributed by atoms with Crippen LogP contribution < -0.4 is 14.8 Å². The fourth-order valence-electron chi connectivity index (χ4n) is 4.75. The molecule has 1 fully saturated rings. The number of carbonyl (C=O) groups is 1. The number of esters is 1. The Kier molecular flexibility index (Phi) is 8.99. The number of methoxy groups -OCH3 is 2. The number of aryl methyl sites for hydroxylation is 1. The van der Waals surface area contributed by atoms with Gasteiger partial charge in [0.15, 0.2) is 11.5 Å². The average Bonchev–Trinajstić information content (AvgIpc) is 3.77. The topological polar surface area (TPSA) is 126 Å². The van der Waals surface area contributed by atoms with Gasteiger partial charge in [0.2, 0.25) is 5.88 Å². The molecule has 1 aromatic carbocycles. The normalized spacial score (nSPS) is 13.6. The van der Waals surface area contributed by atoms with Crippen molar-refractivity contribution in [3.8, 4) is 34.4 Å². The summed E-state index contributed by atoms with van der Waals surface area (Å²) in [5, 5.41) is 3.30. The maximum Gasteiger partial charge on any atom is 0.434 e. The van der Waals surface area contributed by atoms with Crippen LogP contribution in [-0.4, -0.2) is 55.3 Å². The highest BCUT2D eigenvalue weighted by atomic mass is 19.4. The highest BCUT2D eigenvalue weighted by molar-refractivity contribution is 5.88. The third kappa shape index (κ3) is 7.44. The molecule has 1 aliphatic carbocycles. The molecule has 5 rings (SSSR count). The van der Waals surface area contributed by atoms with Gasteiger partial charge in [-0.2, -0.15) is 13.2 Å². The molecule has 0 unspecified atom stereocenters. The van der Waals surface area contributed by atoms with Crippen molar-refractivity contribution in [1.29, 1.82) is 0 Å². The maximum atomic E-state index is 13.3. The third-order valence-corrected chi connectivity index (χ3v) is 6.98. The minimum absolute atomic E-state index is 0.115. The Morgan fingerprint density at radius 1 is 1.09 bits per heavy atom. The molecule has 242 valence electrons. The second-order valence-electron chi connectivity index (χ2n) is 11.7. The summed E-state index contributed by atoms with van der Waals surface area (Å²) in [7, 11) is 4.45. The Balaban J connectivity index is 1.48. The fourth-order valence-corrected chi connectivity index (χ4v) is 4.75. The van der Waals surface area contributed by atoms with Crippen LogP contribution in [0.25, 0.3) is 28.9 Å². The van der Waals surface area contributed by atoms with Crippen LogP contribution >= 0.6 is 0 Å². The SMILES string of the molecule is COc1cc(CNc2nc(-c3c(OC)ncnc3C3CC3)ncc2/C=C/C(=O)OC(C)(C)C)ccc1-c1nc(C(F)(F)F)cn1C. The van der Waals surface area contributed by atoms with Gasteiger partial charge in [0.25, 0.3) is 0 Å². The lowest BCUT2D eigenvalue weighted by molar-refractivity contribution is -0.148. The number of carbonyl (C=O) groups excluding carboxylic acids is 1. The van der Waals surface area contributed by atoms with Crippen molar-refractivity contribution in [3.63, 3.8) is 0 Å². The zero-order chi connectivity index (χ0) is 33.2. The highest BCUT2D eigenvalue weighted by Gasteiger charge is 2.35. The number of rotatable bonds is 10. The van der Waals surface area contributed by atoms with Crippen molar-refractivity contribution >= 4 is 17.9 Å². The predicted molar refractivity (Wildman–Crippen MR) is 164 cm³/mol. The van der Waals surface area contributed by atoms with E-state index in [1.54, 1.807) is 51.2 Å². The third-order valence-electron chi connectivity index (χ3n) is 6.98. The van der Waals surface area contributed by atoms with Crippen molar-refractivity contribution in [2.75, 3.05) is 19.5 Å². The van der Waals surface area contributed by atoms with Crippen molar-refractivity contribution < 1.29 is 32.2 Å². The van der Waals surface area contributed by atoms with E-state index < -0.39 is 23.4 Å². The predicted octanol–water partition coefficient (Wildman–Crippen LogP) is 6.21. The first-order valence-electron chi connectivity index (χ1n) is 14.5. The zero-order valence-electron chi connectivity index (χ0n) is 26.3. The molecule has 0 amide bonds. The van der Waals surface area contributed by atoms with Gasteiger partial charge in [-0.3, -0.25) is 0 Å². The van der Waals surface area contributed by atoms with E-state index in [9.17, 15) is 18.0 Å². The number of halogens is 3. The minimum Gasteiger partial charge on any atom is -0.496 e. The average molecular weight is 638 g/mol. The van der Waals surface area contributed by atoms with Crippen LogP contribution in [0.5, 0.6) is 11.6 Å². The van der Waals surface area contributed by atoms with Crippen LogP contribution in [0.3, 0.4) is 0 Å². The molecule has 4 aromatic rings. The lowest BCUT2D eigenvalue weighted by atomic mass is 10.1. The second-order valence-corrected chi connectivity index (χ2v) is 11.7. The van der Waals surface area contributed by atoms with Crippen molar-refractivity contribution in [2.24, 2.45) is 7.05 Å². The summed E-state index contributed by atoms with van der Waals surface area (Å²) in [6.07, 6.45) is 4.24. The molecule has 1 N–H and O–H groups in total. The van der Waals surface area contributed by atoms with E-state index >= 15 is 0 Å². The molecule has 1 aliphatic rings. The Labute approximate surface area is 263 Å². The standard InChI is InChI=1S/C32H34F3N7O4/c1-31(2,3)46-24(43)12-10-20-15-37-28(25-26(19-8-9-19)38-17-39-30(25)45-6)41-27(20)36-14-18-7-11-21(22(13-18)44-5)29-40-23(16-42(29)4)32(33,34)35/h7,10-13,15-17,19H,8-9,14H2,1-6H3,(H,36,37,41)/b12-10+. The van der Waals surface area contributed by atoms with Gasteiger partial charge >= 0.3 is 12.1 Å². The Morgan fingerprint density at radius 2 is 1.85 bits per heavy atom. The van der Waals surface area contributed by atoms with Gasteiger partial charge in [-0.05, 0) is 57.4 Å². The second kappa shape index (κ2) is 12.8. The number of ether oxygens (including phenoxy) is 3. The quantitative estimate of drug-likeness (QED) is 0.158. The number of nitrogens with one attached hydrogen (secondary N) is 1. The summed E-state index contributed by atoms with van der Waals surface area (Å²) < 4.78 is 57.6. The van der Waals surface area contributed by atoms with Gasteiger partial charge in [-0.25, -0.2) is 29.7 Å². The van der Waals surface area contributed by atoms with Gasteiger partial charge < -0.3 is 24.1 Å². The summed E-state index contributed by atoms with van der Waals surface area (Å²) >= 11 is 0. The number of nitrogens with zero attached hydrogens (tertiary/aromatic N) is 6. The molecule has 0 aliphatic heterocycles. The van der Waals surface area contributed by atoms with Gasteiger partial charge in [0.1, 0.15) is 34.9 Å². The van der Waals surface area contributed by atoms with Crippen LogP contribution in [0.15, 0.2) is 43.0 Å². The largest absolute Gasteiger partial charge is 0.496 e. The van der Waals surface area contributed by atoms with Crippen LogP contribution in [-0.2, 0) is 29.3 Å². The van der Waals surface area contributed by atoms with E-state index in [1.807, 2.05) is 0 Å². The zero-order valence-corrected chi connectivity index (χ0v) is 26.3. The number of anilines is 1.